The number of nitrogens with one attached hydrogen (secondary N) is 1. The number of pyridine rings is 1. The van der Waals surface area contributed by atoms with Gasteiger partial charge < -0.3 is 15.1 Å². The van der Waals surface area contributed by atoms with E-state index in [2.05, 4.69) is 20.1 Å². The molecule has 0 aromatic carbocycles. The van der Waals surface area contributed by atoms with E-state index >= 15 is 0 Å². The fraction of sp³-hybridized carbons (Fsp3) is 0.682. The molecule has 1 aromatic heterocycles. The van der Waals surface area contributed by atoms with Crippen molar-refractivity contribution in [2.24, 2.45) is 17.8 Å². The van der Waals surface area contributed by atoms with Gasteiger partial charge in [-0.15, -0.1) is 0 Å². The zero-order valence-electron chi connectivity index (χ0n) is 17.1. The highest BCUT2D eigenvalue weighted by Crippen LogP contribution is 2.36. The number of likely N-dealkylation sites (tertiary alicyclic amines) is 1. The Labute approximate surface area is 167 Å². The molecule has 28 heavy (non-hydrogen) atoms. The number of amides is 2. The maximum atomic E-state index is 12.8. The molecule has 3 aliphatic rings. The average Bonchev–Trinajstić information content (AvgIpc) is 2.95. The summed E-state index contributed by atoms with van der Waals surface area (Å²) in [6, 6.07) is 4.30. The van der Waals surface area contributed by atoms with Gasteiger partial charge in [0.05, 0.1) is 17.9 Å². The molecule has 0 bridgehead atoms. The zero-order chi connectivity index (χ0) is 19.7. The van der Waals surface area contributed by atoms with Crippen molar-refractivity contribution in [2.45, 2.75) is 58.4 Å². The number of hydrogen-bond acceptors (Lipinski definition) is 4. The van der Waals surface area contributed by atoms with Gasteiger partial charge in [0.1, 0.15) is 5.82 Å². The number of carbonyl (C=O) groups is 2. The summed E-state index contributed by atoms with van der Waals surface area (Å²) < 4.78 is 0. The molecule has 4 rings (SSSR count). The summed E-state index contributed by atoms with van der Waals surface area (Å²) in [6.07, 6.45) is 8.66. The van der Waals surface area contributed by atoms with Crippen LogP contribution < -0.4 is 10.2 Å². The Morgan fingerprint density at radius 3 is 2.57 bits per heavy atom. The van der Waals surface area contributed by atoms with Crippen LogP contribution in [0.25, 0.3) is 0 Å². The van der Waals surface area contributed by atoms with E-state index in [1.54, 1.807) is 6.20 Å². The quantitative estimate of drug-likeness (QED) is 0.865. The summed E-state index contributed by atoms with van der Waals surface area (Å²) in [5, 5.41) is 2.90. The summed E-state index contributed by atoms with van der Waals surface area (Å²) in [4.78, 5) is 33.8. The number of carbonyl (C=O) groups excluding carboxylic acids is 2. The van der Waals surface area contributed by atoms with Crippen molar-refractivity contribution in [3.63, 3.8) is 0 Å². The molecular weight excluding hydrogens is 352 g/mol. The third kappa shape index (κ3) is 3.87. The van der Waals surface area contributed by atoms with Gasteiger partial charge in [-0.25, -0.2) is 4.98 Å². The molecule has 1 aliphatic carbocycles. The summed E-state index contributed by atoms with van der Waals surface area (Å²) >= 11 is 0. The van der Waals surface area contributed by atoms with Crippen molar-refractivity contribution < 1.29 is 9.59 Å². The molecule has 1 aromatic rings. The standard InChI is InChI=1S/C22H32N4O2/c1-15(2)21(27)24-18-9-10-20(23-12-18)26-11-4-3-6-17-13-25(14-19(17)26)22(28)16-7-5-8-16/h9-10,12,15-17,19H,3-8,11,13-14H2,1-2H3,(H,24,27)/t17-,19+/m1/s1. The molecule has 3 fully saturated rings. The highest BCUT2D eigenvalue weighted by molar-refractivity contribution is 5.91. The molecule has 0 radical (unpaired) electrons. The Balaban J connectivity index is 1.47. The van der Waals surface area contributed by atoms with Gasteiger partial charge in [0.25, 0.3) is 0 Å². The Kier molecular flexibility index (Phi) is 5.56. The van der Waals surface area contributed by atoms with Crippen molar-refractivity contribution in [2.75, 3.05) is 29.9 Å². The highest BCUT2D eigenvalue weighted by atomic mass is 16.2. The maximum Gasteiger partial charge on any atom is 0.226 e. The van der Waals surface area contributed by atoms with Crippen molar-refractivity contribution in [1.82, 2.24) is 9.88 Å². The number of anilines is 2. The monoisotopic (exact) mass is 384 g/mol. The van der Waals surface area contributed by atoms with Crippen LogP contribution in [0.2, 0.25) is 0 Å². The number of hydrogen-bond donors (Lipinski definition) is 1. The first-order valence-electron chi connectivity index (χ1n) is 10.9. The first kappa shape index (κ1) is 19.2. The SMILES string of the molecule is CC(C)C(=O)Nc1ccc(N2CCCC[C@@H]3CN(C(=O)C4CCC4)C[C@@H]32)nc1. The molecule has 2 atom stereocenters. The highest BCUT2D eigenvalue weighted by Gasteiger charge is 2.42. The van der Waals surface area contributed by atoms with Gasteiger partial charge in [0.15, 0.2) is 0 Å². The fourth-order valence-corrected chi connectivity index (χ4v) is 4.64. The van der Waals surface area contributed by atoms with Gasteiger partial charge in [0, 0.05) is 31.5 Å². The van der Waals surface area contributed by atoms with E-state index in [0.29, 0.717) is 17.9 Å². The first-order valence-corrected chi connectivity index (χ1v) is 10.9. The largest absolute Gasteiger partial charge is 0.352 e. The number of fused-ring (bicyclic) bond motifs is 1. The normalized spacial score (nSPS) is 25.2. The molecule has 2 aliphatic heterocycles. The lowest BCUT2D eigenvalue weighted by molar-refractivity contribution is -0.137. The van der Waals surface area contributed by atoms with Crippen LogP contribution in [-0.2, 0) is 9.59 Å². The lowest BCUT2D eigenvalue weighted by Crippen LogP contribution is -2.43. The summed E-state index contributed by atoms with van der Waals surface area (Å²) in [5.74, 6) is 2.09. The molecular formula is C22H32N4O2. The number of rotatable bonds is 4. The van der Waals surface area contributed by atoms with E-state index in [-0.39, 0.29) is 17.7 Å². The van der Waals surface area contributed by atoms with E-state index in [1.165, 1.54) is 19.3 Å². The van der Waals surface area contributed by atoms with Crippen LogP contribution in [0.4, 0.5) is 11.5 Å². The van der Waals surface area contributed by atoms with Gasteiger partial charge in [0.2, 0.25) is 11.8 Å². The summed E-state index contributed by atoms with van der Waals surface area (Å²) in [6.45, 7) is 6.47. The Morgan fingerprint density at radius 2 is 1.93 bits per heavy atom. The molecule has 3 heterocycles. The second kappa shape index (κ2) is 8.10. The van der Waals surface area contributed by atoms with E-state index in [4.69, 9.17) is 0 Å². The Morgan fingerprint density at radius 1 is 1.11 bits per heavy atom. The minimum Gasteiger partial charge on any atom is -0.352 e. The van der Waals surface area contributed by atoms with Gasteiger partial charge >= 0.3 is 0 Å². The Hall–Kier alpha value is -2.11. The molecule has 152 valence electrons. The average molecular weight is 385 g/mol. The van der Waals surface area contributed by atoms with E-state index < -0.39 is 0 Å². The second-order valence-corrected chi connectivity index (χ2v) is 8.94. The van der Waals surface area contributed by atoms with Gasteiger partial charge in [-0.3, -0.25) is 9.59 Å². The van der Waals surface area contributed by atoms with Crippen molar-refractivity contribution in [1.29, 1.82) is 0 Å². The van der Waals surface area contributed by atoms with E-state index in [0.717, 1.165) is 50.4 Å². The van der Waals surface area contributed by atoms with Crippen LogP contribution in [0.1, 0.15) is 52.4 Å². The molecule has 0 unspecified atom stereocenters. The third-order valence-electron chi connectivity index (χ3n) is 6.63. The predicted molar refractivity (Wildman–Crippen MR) is 110 cm³/mol. The van der Waals surface area contributed by atoms with E-state index in [9.17, 15) is 9.59 Å². The van der Waals surface area contributed by atoms with Crippen LogP contribution >= 0.6 is 0 Å². The summed E-state index contributed by atoms with van der Waals surface area (Å²) in [7, 11) is 0. The van der Waals surface area contributed by atoms with Gasteiger partial charge in [-0.1, -0.05) is 26.7 Å². The molecule has 6 nitrogen and oxygen atoms in total. The van der Waals surface area contributed by atoms with Gasteiger partial charge in [-0.05, 0) is 43.7 Å². The smallest absolute Gasteiger partial charge is 0.226 e. The lowest BCUT2D eigenvalue weighted by atomic mass is 9.84. The molecule has 1 saturated carbocycles. The van der Waals surface area contributed by atoms with Crippen molar-refractivity contribution in [3.8, 4) is 0 Å². The van der Waals surface area contributed by atoms with E-state index in [1.807, 2.05) is 26.0 Å². The van der Waals surface area contributed by atoms with Crippen LogP contribution in [0.15, 0.2) is 18.3 Å². The van der Waals surface area contributed by atoms with Crippen LogP contribution in [0, 0.1) is 17.8 Å². The number of aromatic nitrogens is 1. The summed E-state index contributed by atoms with van der Waals surface area (Å²) in [5.41, 5.74) is 0.738. The van der Waals surface area contributed by atoms with Crippen molar-refractivity contribution >= 4 is 23.3 Å². The number of nitrogens with zero attached hydrogens (tertiary/aromatic N) is 3. The van der Waals surface area contributed by atoms with Crippen LogP contribution in [0.5, 0.6) is 0 Å². The predicted octanol–water partition coefficient (Wildman–Crippen LogP) is 3.29. The van der Waals surface area contributed by atoms with Crippen LogP contribution in [-0.4, -0.2) is 47.4 Å². The maximum absolute atomic E-state index is 12.8. The minimum atomic E-state index is -0.0521. The molecule has 0 spiro atoms. The topological polar surface area (TPSA) is 65.5 Å². The molecule has 1 N–H and O–H groups in total. The third-order valence-corrected chi connectivity index (χ3v) is 6.63. The second-order valence-electron chi connectivity index (χ2n) is 8.94. The lowest BCUT2D eigenvalue weighted by Gasteiger charge is -2.32. The zero-order valence-corrected chi connectivity index (χ0v) is 17.1. The molecule has 2 amide bonds. The fourth-order valence-electron chi connectivity index (χ4n) is 4.64. The first-order chi connectivity index (χ1) is 13.5. The van der Waals surface area contributed by atoms with Gasteiger partial charge in [-0.2, -0.15) is 0 Å². The molecule has 2 saturated heterocycles. The minimum absolute atomic E-state index is 0.00493. The Bertz CT molecular complexity index is 714. The van der Waals surface area contributed by atoms with Crippen molar-refractivity contribution in [3.05, 3.63) is 18.3 Å². The van der Waals surface area contributed by atoms with Crippen LogP contribution in [0.3, 0.4) is 0 Å². The molecule has 6 heteroatoms.